The van der Waals surface area contributed by atoms with Gasteiger partial charge in [0.05, 0.1) is 45.2 Å². The number of esters is 1. The van der Waals surface area contributed by atoms with E-state index in [2.05, 4.69) is 0 Å². The summed E-state index contributed by atoms with van der Waals surface area (Å²) in [5.74, 6) is -2.49. The van der Waals surface area contributed by atoms with Gasteiger partial charge in [-0.3, -0.25) is 4.79 Å². The summed E-state index contributed by atoms with van der Waals surface area (Å²) in [6.45, 7) is -1.24. The Morgan fingerprint density at radius 2 is 1.57 bits per heavy atom. The topological polar surface area (TPSA) is 275 Å². The number of ether oxygens (including phenoxy) is 5. The molecule has 0 spiro atoms. The van der Waals surface area contributed by atoms with Crippen molar-refractivity contribution in [2.75, 3.05) is 27.4 Å². The average Bonchev–Trinajstić information content (AvgIpc) is 3.19. The fourth-order valence-corrected chi connectivity index (χ4v) is 6.96. The van der Waals surface area contributed by atoms with Gasteiger partial charge >= 0.3 is 5.97 Å². The van der Waals surface area contributed by atoms with Gasteiger partial charge in [-0.2, -0.15) is 0 Å². The van der Waals surface area contributed by atoms with E-state index >= 15 is 0 Å². The van der Waals surface area contributed by atoms with Crippen molar-refractivity contribution < 1.29 is 78.9 Å². The maximum absolute atomic E-state index is 13.5. The molecule has 17 heteroatoms. The normalized spacial score (nSPS) is 28.0. The summed E-state index contributed by atoms with van der Waals surface area (Å²) in [6, 6.07) is 12.6. The van der Waals surface area contributed by atoms with Crippen LogP contribution in [0.2, 0.25) is 0 Å². The number of rotatable bonds is 11. The van der Waals surface area contributed by atoms with Gasteiger partial charge in [0.15, 0.2) is 16.9 Å². The molecular formula is C39H42O17. The number of hydrogen-bond acceptors (Lipinski definition) is 17. The van der Waals surface area contributed by atoms with Crippen molar-refractivity contribution in [2.45, 2.75) is 61.4 Å². The third kappa shape index (κ3) is 8.02. The highest BCUT2D eigenvalue weighted by Crippen LogP contribution is 2.47. The largest absolute Gasteiger partial charge is 0.508 e. The van der Waals surface area contributed by atoms with E-state index in [4.69, 9.17) is 28.1 Å². The summed E-state index contributed by atoms with van der Waals surface area (Å²) in [5, 5.41) is 95.8. The van der Waals surface area contributed by atoms with Gasteiger partial charge in [-0.25, -0.2) is 4.79 Å². The van der Waals surface area contributed by atoms with Crippen molar-refractivity contribution in [1.29, 1.82) is 0 Å². The number of carbonyl (C=O) groups is 1. The SMILES string of the molecule is COc1cc(/C=C\C(=O)OC[C@H]2C[C@@H](O[C@@H]3[C@@H](O)[C@H](O)[C@@H](CO)O[C@H]3c3c(OC)cc4oc(-c5ccc(O)cc5)cc(=O)c4c3O)[C@H](O)[C@@H](O)[C@@H]2O)ccc1O. The van der Waals surface area contributed by atoms with E-state index in [1.807, 2.05) is 0 Å². The van der Waals surface area contributed by atoms with E-state index in [0.717, 1.165) is 12.1 Å². The first-order chi connectivity index (χ1) is 26.8. The molecule has 2 aliphatic rings. The first-order valence-corrected chi connectivity index (χ1v) is 17.5. The summed E-state index contributed by atoms with van der Waals surface area (Å²) in [6.07, 6.45) is -12.7. The molecule has 1 saturated carbocycles. The molecule has 10 atom stereocenters. The molecule has 0 unspecified atom stereocenters. The van der Waals surface area contributed by atoms with Gasteiger partial charge in [-0.05, 0) is 54.5 Å². The Labute approximate surface area is 318 Å². The molecule has 3 aromatic carbocycles. The highest BCUT2D eigenvalue weighted by Gasteiger charge is 2.51. The number of phenolic OH excluding ortho intramolecular Hbond substituents is 3. The number of benzene rings is 3. The van der Waals surface area contributed by atoms with Gasteiger partial charge in [-0.1, -0.05) is 6.07 Å². The zero-order chi connectivity index (χ0) is 40.4. The Morgan fingerprint density at radius 3 is 2.25 bits per heavy atom. The van der Waals surface area contributed by atoms with Gasteiger partial charge in [0, 0.05) is 29.7 Å². The number of hydrogen-bond donors (Lipinski definition) is 9. The molecule has 2 heterocycles. The maximum Gasteiger partial charge on any atom is 0.330 e. The lowest BCUT2D eigenvalue weighted by Crippen LogP contribution is -2.60. The fourth-order valence-electron chi connectivity index (χ4n) is 6.96. The van der Waals surface area contributed by atoms with Crippen LogP contribution < -0.4 is 14.9 Å². The van der Waals surface area contributed by atoms with Crippen LogP contribution in [0, 0.1) is 5.92 Å². The zero-order valence-corrected chi connectivity index (χ0v) is 30.0. The minimum Gasteiger partial charge on any atom is -0.508 e. The van der Waals surface area contributed by atoms with E-state index in [0.29, 0.717) is 11.1 Å². The molecule has 0 bridgehead atoms. The van der Waals surface area contributed by atoms with Crippen LogP contribution in [0.15, 0.2) is 69.9 Å². The average molecular weight is 783 g/mol. The van der Waals surface area contributed by atoms with Crippen LogP contribution in [-0.2, 0) is 19.0 Å². The number of aliphatic hydroxyl groups is 6. The minimum atomic E-state index is -1.87. The van der Waals surface area contributed by atoms with Gasteiger partial charge in [-0.15, -0.1) is 0 Å². The van der Waals surface area contributed by atoms with Crippen molar-refractivity contribution >= 4 is 23.0 Å². The second-order valence-corrected chi connectivity index (χ2v) is 13.5. The molecule has 0 amide bonds. The molecule has 300 valence electrons. The molecule has 2 fully saturated rings. The van der Waals surface area contributed by atoms with E-state index in [1.54, 1.807) is 0 Å². The third-order valence-corrected chi connectivity index (χ3v) is 10.0. The Hall–Kier alpha value is -5.24. The number of aliphatic hydroxyl groups excluding tert-OH is 6. The Kier molecular flexibility index (Phi) is 12.2. The quantitative estimate of drug-likeness (QED) is 0.0754. The summed E-state index contributed by atoms with van der Waals surface area (Å²) in [7, 11) is 2.61. The van der Waals surface area contributed by atoms with Crippen molar-refractivity contribution in [3.05, 3.63) is 82.0 Å². The Balaban J connectivity index is 1.28. The predicted molar refractivity (Wildman–Crippen MR) is 194 cm³/mol. The second-order valence-electron chi connectivity index (χ2n) is 13.5. The van der Waals surface area contributed by atoms with Crippen LogP contribution >= 0.6 is 0 Å². The molecule has 1 aliphatic heterocycles. The molecule has 1 aromatic heterocycles. The van der Waals surface area contributed by atoms with Gasteiger partial charge in [0.2, 0.25) is 0 Å². The standard InChI is InChI=1S/C39H42O17/c1-51-24-11-17(3-9-21(24)42)4-10-29(44)53-16-19-12-27(33(46)36(49)32(19)45)55-39-37(50)34(47)28(15-40)56-38(39)31-25(52-2)14-26-30(35(31)48)22(43)13-23(54-26)18-5-7-20(41)8-6-18/h3-11,13-14,19,27-28,32-34,36-42,45-50H,12,15-16H2,1-2H3/b10-4-/t19-,27-,28-,32-,33+,34-,36+,37+,38+,39-/m1/s1. The number of phenols is 3. The summed E-state index contributed by atoms with van der Waals surface area (Å²) in [5.41, 5.74) is -0.106. The second kappa shape index (κ2) is 16.9. The van der Waals surface area contributed by atoms with Crippen molar-refractivity contribution in [3.63, 3.8) is 0 Å². The van der Waals surface area contributed by atoms with Gasteiger partial charge in [0.1, 0.15) is 76.7 Å². The smallest absolute Gasteiger partial charge is 0.330 e. The molecular weight excluding hydrogens is 740 g/mol. The Bertz CT molecular complexity index is 2110. The predicted octanol–water partition coefficient (Wildman–Crippen LogP) is 0.861. The van der Waals surface area contributed by atoms with Crippen LogP contribution in [0.5, 0.6) is 28.7 Å². The first kappa shape index (κ1) is 40.4. The third-order valence-electron chi connectivity index (χ3n) is 10.0. The summed E-state index contributed by atoms with van der Waals surface area (Å²) < 4.78 is 34.0. The van der Waals surface area contributed by atoms with Crippen LogP contribution in [-0.4, -0.2) is 128 Å². The number of fused-ring (bicyclic) bond motifs is 1. The molecule has 4 aromatic rings. The maximum atomic E-state index is 13.5. The number of methoxy groups -OCH3 is 2. The van der Waals surface area contributed by atoms with Crippen LogP contribution in [0.4, 0.5) is 0 Å². The Morgan fingerprint density at radius 1 is 0.857 bits per heavy atom. The zero-order valence-electron chi connectivity index (χ0n) is 30.0. The molecule has 6 rings (SSSR count). The van der Waals surface area contributed by atoms with Gasteiger partial charge in [0.25, 0.3) is 0 Å². The van der Waals surface area contributed by atoms with Crippen LogP contribution in [0.25, 0.3) is 28.4 Å². The van der Waals surface area contributed by atoms with Crippen molar-refractivity contribution in [3.8, 4) is 40.1 Å². The van der Waals surface area contributed by atoms with Gasteiger partial charge < -0.3 is 74.1 Å². The highest BCUT2D eigenvalue weighted by atomic mass is 16.6. The highest BCUT2D eigenvalue weighted by molar-refractivity contribution is 5.88. The van der Waals surface area contributed by atoms with Crippen molar-refractivity contribution in [1.82, 2.24) is 0 Å². The number of aromatic hydroxyl groups is 3. The molecule has 0 radical (unpaired) electrons. The van der Waals surface area contributed by atoms with E-state index < -0.39 is 91.2 Å². The van der Waals surface area contributed by atoms with E-state index in [1.165, 1.54) is 68.8 Å². The van der Waals surface area contributed by atoms with Crippen molar-refractivity contribution in [2.24, 2.45) is 5.92 Å². The number of carbonyl (C=O) groups excluding carboxylic acids is 1. The van der Waals surface area contributed by atoms with Crippen LogP contribution in [0.3, 0.4) is 0 Å². The molecule has 1 aliphatic carbocycles. The molecule has 56 heavy (non-hydrogen) atoms. The molecule has 9 N–H and O–H groups in total. The lowest BCUT2D eigenvalue weighted by Gasteiger charge is -2.46. The summed E-state index contributed by atoms with van der Waals surface area (Å²) in [4.78, 5) is 26.1. The first-order valence-electron chi connectivity index (χ1n) is 17.5. The monoisotopic (exact) mass is 782 g/mol. The minimum absolute atomic E-state index is 0.0125. The molecule has 17 nitrogen and oxygen atoms in total. The molecule has 1 saturated heterocycles. The lowest BCUT2D eigenvalue weighted by molar-refractivity contribution is -0.274. The lowest BCUT2D eigenvalue weighted by atomic mass is 9.80. The summed E-state index contributed by atoms with van der Waals surface area (Å²) >= 11 is 0. The fraction of sp³-hybridized carbons (Fsp3) is 0.385. The van der Waals surface area contributed by atoms with E-state index in [9.17, 15) is 55.5 Å². The van der Waals surface area contributed by atoms with E-state index in [-0.39, 0.29) is 51.7 Å². The van der Waals surface area contributed by atoms with Crippen LogP contribution in [0.1, 0.15) is 23.7 Å².